The Morgan fingerprint density at radius 2 is 1.92 bits per heavy atom. The molecule has 2 heterocycles. The second kappa shape index (κ2) is 7.17. The molecule has 0 fully saturated rings. The Kier molecular flexibility index (Phi) is 4.79. The summed E-state index contributed by atoms with van der Waals surface area (Å²) < 4.78 is 12.7. The van der Waals surface area contributed by atoms with Gasteiger partial charge in [-0.1, -0.05) is 37.3 Å². The summed E-state index contributed by atoms with van der Waals surface area (Å²) in [5.74, 6) is 0.319. The largest absolute Gasteiger partial charge is 0.487 e. The van der Waals surface area contributed by atoms with Crippen LogP contribution in [0.5, 0.6) is 5.75 Å². The molecule has 1 aromatic carbocycles. The molecule has 0 saturated heterocycles. The topological polar surface area (TPSA) is 52.8 Å². The van der Waals surface area contributed by atoms with Gasteiger partial charge in [-0.3, -0.25) is 4.40 Å². The molecule has 0 unspecified atom stereocenters. The van der Waals surface area contributed by atoms with Gasteiger partial charge in [0.2, 0.25) is 0 Å². The van der Waals surface area contributed by atoms with Gasteiger partial charge in [0, 0.05) is 0 Å². The molecule has 0 aliphatic heterocycles. The number of carbonyl (C=O) groups excluding carboxylic acids is 1. The van der Waals surface area contributed by atoms with Crippen LogP contribution in [0.1, 0.15) is 35.6 Å². The summed E-state index contributed by atoms with van der Waals surface area (Å²) in [6.07, 6.45) is 2.45. The van der Waals surface area contributed by atoms with Crippen LogP contribution in [0.25, 0.3) is 5.65 Å². The summed E-state index contributed by atoms with van der Waals surface area (Å²) in [7, 11) is 0. The summed E-state index contributed by atoms with van der Waals surface area (Å²) in [5.41, 5.74) is 3.00. The number of hydrogen-bond donors (Lipinski definition) is 0. The van der Waals surface area contributed by atoms with Gasteiger partial charge in [0.15, 0.2) is 5.69 Å². The molecular weight excluding hydrogens is 304 g/mol. The van der Waals surface area contributed by atoms with Crippen LogP contribution in [0.4, 0.5) is 0 Å². The van der Waals surface area contributed by atoms with Crippen LogP contribution in [0.2, 0.25) is 0 Å². The molecule has 0 radical (unpaired) electrons. The molecule has 5 heteroatoms. The Morgan fingerprint density at radius 3 is 2.62 bits per heavy atom. The van der Waals surface area contributed by atoms with E-state index in [1.807, 2.05) is 49.4 Å². The third-order valence-electron chi connectivity index (χ3n) is 3.72. The number of aryl methyl sites for hydroxylation is 1. The van der Waals surface area contributed by atoms with Crippen LogP contribution in [0, 0.1) is 0 Å². The normalized spacial score (nSPS) is 10.8. The minimum absolute atomic E-state index is 0.333. The van der Waals surface area contributed by atoms with Crippen molar-refractivity contribution >= 4 is 11.6 Å². The van der Waals surface area contributed by atoms with Gasteiger partial charge in [0.05, 0.1) is 18.5 Å². The van der Waals surface area contributed by atoms with Gasteiger partial charge >= 0.3 is 5.97 Å². The van der Waals surface area contributed by atoms with E-state index >= 15 is 0 Å². The van der Waals surface area contributed by atoms with Gasteiger partial charge in [-0.2, -0.15) is 0 Å². The minimum atomic E-state index is -0.359. The molecule has 3 rings (SSSR count). The number of aromatic nitrogens is 2. The number of benzene rings is 1. The minimum Gasteiger partial charge on any atom is -0.487 e. The van der Waals surface area contributed by atoms with Gasteiger partial charge in [0.1, 0.15) is 18.0 Å². The summed E-state index contributed by atoms with van der Waals surface area (Å²) in [6, 6.07) is 13.7. The third-order valence-corrected chi connectivity index (χ3v) is 3.72. The Labute approximate surface area is 140 Å². The summed E-state index contributed by atoms with van der Waals surface area (Å²) in [6.45, 7) is 4.56. The van der Waals surface area contributed by atoms with E-state index < -0.39 is 0 Å². The lowest BCUT2D eigenvalue weighted by Gasteiger charge is -2.08. The molecule has 0 N–H and O–H groups in total. The zero-order chi connectivity index (χ0) is 16.9. The van der Waals surface area contributed by atoms with Crippen molar-refractivity contribution in [1.29, 1.82) is 0 Å². The zero-order valence-electron chi connectivity index (χ0n) is 13.9. The van der Waals surface area contributed by atoms with Crippen molar-refractivity contribution in [2.45, 2.75) is 26.9 Å². The van der Waals surface area contributed by atoms with Crippen LogP contribution in [0.3, 0.4) is 0 Å². The molecule has 0 amide bonds. The van der Waals surface area contributed by atoms with Gasteiger partial charge in [-0.15, -0.1) is 0 Å². The first-order valence-corrected chi connectivity index (χ1v) is 8.07. The first kappa shape index (κ1) is 16.1. The maximum atomic E-state index is 12.3. The molecule has 124 valence electrons. The Morgan fingerprint density at radius 1 is 1.12 bits per heavy atom. The quantitative estimate of drug-likeness (QED) is 0.649. The van der Waals surface area contributed by atoms with E-state index in [1.54, 1.807) is 17.5 Å². The van der Waals surface area contributed by atoms with Gasteiger partial charge in [-0.25, -0.2) is 9.78 Å². The second-order valence-electron chi connectivity index (χ2n) is 5.35. The monoisotopic (exact) mass is 324 g/mol. The van der Waals surface area contributed by atoms with Crippen molar-refractivity contribution in [3.05, 3.63) is 65.6 Å². The van der Waals surface area contributed by atoms with E-state index in [-0.39, 0.29) is 5.97 Å². The van der Waals surface area contributed by atoms with Crippen molar-refractivity contribution in [3.63, 3.8) is 0 Å². The molecule has 0 saturated carbocycles. The molecule has 24 heavy (non-hydrogen) atoms. The molecule has 0 atom stereocenters. The molecule has 0 aliphatic carbocycles. The Balaban J connectivity index is 1.91. The van der Waals surface area contributed by atoms with Crippen molar-refractivity contribution in [2.24, 2.45) is 0 Å². The maximum Gasteiger partial charge on any atom is 0.357 e. The molecule has 2 aromatic heterocycles. The highest BCUT2D eigenvalue weighted by atomic mass is 16.5. The van der Waals surface area contributed by atoms with E-state index in [0.717, 1.165) is 11.3 Å². The number of imidazole rings is 1. The number of pyridine rings is 1. The standard InChI is InChI=1S/C19H20N2O3/c1-3-16-18(19(22)23-4-2)21-12-15(10-11-17(21)20-16)24-13-14-8-6-5-7-9-14/h5-12H,3-4,13H2,1-2H3. The first-order valence-electron chi connectivity index (χ1n) is 8.07. The first-order chi connectivity index (χ1) is 11.7. The summed E-state index contributed by atoms with van der Waals surface area (Å²) in [5, 5.41) is 0. The lowest BCUT2D eigenvalue weighted by Crippen LogP contribution is -2.10. The highest BCUT2D eigenvalue weighted by Gasteiger charge is 2.19. The van der Waals surface area contributed by atoms with E-state index in [0.29, 0.717) is 36.7 Å². The average Bonchev–Trinajstić information content (AvgIpc) is 2.99. The number of fused-ring (bicyclic) bond motifs is 1. The predicted molar refractivity (Wildman–Crippen MR) is 91.3 cm³/mol. The fourth-order valence-corrected chi connectivity index (χ4v) is 2.56. The molecule has 5 nitrogen and oxygen atoms in total. The zero-order valence-corrected chi connectivity index (χ0v) is 13.9. The van der Waals surface area contributed by atoms with Gasteiger partial charge < -0.3 is 9.47 Å². The molecule has 0 aliphatic rings. The number of carbonyl (C=O) groups is 1. The molecule has 0 spiro atoms. The smallest absolute Gasteiger partial charge is 0.357 e. The number of esters is 1. The highest BCUT2D eigenvalue weighted by molar-refractivity contribution is 5.90. The maximum absolute atomic E-state index is 12.3. The van der Waals surface area contributed by atoms with Crippen molar-refractivity contribution in [2.75, 3.05) is 6.61 Å². The van der Waals surface area contributed by atoms with Crippen LogP contribution in [0.15, 0.2) is 48.7 Å². The van der Waals surface area contributed by atoms with Crippen LogP contribution < -0.4 is 4.74 Å². The van der Waals surface area contributed by atoms with Gasteiger partial charge in [-0.05, 0) is 31.0 Å². The van der Waals surface area contributed by atoms with Crippen LogP contribution in [-0.2, 0) is 17.8 Å². The molecule has 3 aromatic rings. The van der Waals surface area contributed by atoms with Crippen molar-refractivity contribution < 1.29 is 14.3 Å². The third kappa shape index (κ3) is 3.25. The molecular formula is C19H20N2O3. The van der Waals surface area contributed by atoms with Crippen molar-refractivity contribution in [3.8, 4) is 5.75 Å². The summed E-state index contributed by atoms with van der Waals surface area (Å²) in [4.78, 5) is 16.8. The van der Waals surface area contributed by atoms with Crippen molar-refractivity contribution in [1.82, 2.24) is 9.38 Å². The SMILES string of the molecule is CCOC(=O)c1c(CC)nc2ccc(OCc3ccccc3)cn12. The van der Waals surface area contributed by atoms with E-state index in [1.165, 1.54) is 0 Å². The van der Waals surface area contributed by atoms with E-state index in [9.17, 15) is 4.79 Å². The fourth-order valence-electron chi connectivity index (χ4n) is 2.56. The second-order valence-corrected chi connectivity index (χ2v) is 5.35. The Bertz CT molecular complexity index is 840. The number of hydrogen-bond acceptors (Lipinski definition) is 4. The lowest BCUT2D eigenvalue weighted by atomic mass is 10.2. The number of ether oxygens (including phenoxy) is 2. The fraction of sp³-hybridized carbons (Fsp3) is 0.263. The molecule has 0 bridgehead atoms. The summed E-state index contributed by atoms with van der Waals surface area (Å²) >= 11 is 0. The van der Waals surface area contributed by atoms with Crippen LogP contribution in [-0.4, -0.2) is 22.0 Å². The highest BCUT2D eigenvalue weighted by Crippen LogP contribution is 2.20. The number of rotatable bonds is 6. The lowest BCUT2D eigenvalue weighted by molar-refractivity contribution is 0.0517. The average molecular weight is 324 g/mol. The Hall–Kier alpha value is -2.82. The van der Waals surface area contributed by atoms with E-state index in [4.69, 9.17) is 9.47 Å². The van der Waals surface area contributed by atoms with E-state index in [2.05, 4.69) is 4.98 Å². The van der Waals surface area contributed by atoms with Gasteiger partial charge in [0.25, 0.3) is 0 Å². The predicted octanol–water partition coefficient (Wildman–Crippen LogP) is 3.65. The number of nitrogens with zero attached hydrogens (tertiary/aromatic N) is 2. The van der Waals surface area contributed by atoms with Crippen LogP contribution >= 0.6 is 0 Å².